The second-order valence-electron chi connectivity index (χ2n) is 6.17. The maximum atomic E-state index is 7.15. The molecule has 2 heterocycles. The lowest BCUT2D eigenvalue weighted by molar-refractivity contribution is 0.133. The molecular formula is C18H19N3S. The molecule has 0 bridgehead atoms. The van der Waals surface area contributed by atoms with Gasteiger partial charge in [-0.3, -0.25) is 4.90 Å². The number of fused-ring (bicyclic) bond motifs is 1. The summed E-state index contributed by atoms with van der Waals surface area (Å²) < 4.78 is 0. The molecule has 0 N–H and O–H groups in total. The molecule has 4 heteroatoms. The van der Waals surface area contributed by atoms with E-state index in [1.165, 1.54) is 36.4 Å². The van der Waals surface area contributed by atoms with Crippen LogP contribution in [0.25, 0.3) is 15.4 Å². The van der Waals surface area contributed by atoms with Gasteiger partial charge < -0.3 is 0 Å². The van der Waals surface area contributed by atoms with Crippen molar-refractivity contribution in [3.05, 3.63) is 46.3 Å². The highest BCUT2D eigenvalue weighted by Gasteiger charge is 2.27. The van der Waals surface area contributed by atoms with E-state index < -0.39 is 0 Å². The lowest BCUT2D eigenvalue weighted by atomic mass is 9.91. The molecule has 1 saturated carbocycles. The minimum atomic E-state index is 0.694. The molecule has 1 aliphatic carbocycles. The summed E-state index contributed by atoms with van der Waals surface area (Å²) in [6.07, 6.45) is 6.38. The summed E-state index contributed by atoms with van der Waals surface area (Å²) in [6, 6.07) is 8.65. The van der Waals surface area contributed by atoms with Gasteiger partial charge in [-0.25, -0.2) is 9.83 Å². The highest BCUT2D eigenvalue weighted by molar-refractivity contribution is 7.15. The van der Waals surface area contributed by atoms with Crippen LogP contribution in [0.3, 0.4) is 0 Å². The van der Waals surface area contributed by atoms with Gasteiger partial charge in [-0.15, -0.1) is 11.3 Å². The van der Waals surface area contributed by atoms with Crippen LogP contribution in [-0.4, -0.2) is 29.0 Å². The van der Waals surface area contributed by atoms with Crippen molar-refractivity contribution in [3.8, 4) is 10.6 Å². The Morgan fingerprint density at radius 3 is 2.86 bits per heavy atom. The van der Waals surface area contributed by atoms with Crippen molar-refractivity contribution in [3.63, 3.8) is 0 Å². The average molecular weight is 309 g/mol. The third-order valence-corrected chi connectivity index (χ3v) is 6.06. The molecule has 22 heavy (non-hydrogen) atoms. The van der Waals surface area contributed by atoms with Gasteiger partial charge in [-0.2, -0.15) is 0 Å². The summed E-state index contributed by atoms with van der Waals surface area (Å²) in [5, 5.41) is 1.08. The lowest BCUT2D eigenvalue weighted by Gasteiger charge is -2.36. The van der Waals surface area contributed by atoms with Crippen LogP contribution in [0.1, 0.15) is 29.8 Å². The highest BCUT2D eigenvalue weighted by Crippen LogP contribution is 2.33. The number of aromatic nitrogens is 1. The van der Waals surface area contributed by atoms with E-state index in [0.29, 0.717) is 5.69 Å². The van der Waals surface area contributed by atoms with Crippen LogP contribution >= 0.6 is 11.3 Å². The Balaban J connectivity index is 1.56. The molecule has 0 atom stereocenters. The average Bonchev–Trinajstić information content (AvgIpc) is 2.82. The molecule has 2 aromatic rings. The van der Waals surface area contributed by atoms with Crippen molar-refractivity contribution in [2.75, 3.05) is 13.1 Å². The summed E-state index contributed by atoms with van der Waals surface area (Å²) in [4.78, 5) is 12.5. The van der Waals surface area contributed by atoms with E-state index in [2.05, 4.69) is 15.8 Å². The zero-order valence-electron chi connectivity index (χ0n) is 12.6. The fourth-order valence-corrected chi connectivity index (χ4v) is 4.42. The van der Waals surface area contributed by atoms with E-state index in [-0.39, 0.29) is 0 Å². The Labute approximate surface area is 135 Å². The van der Waals surface area contributed by atoms with Crippen molar-refractivity contribution < 1.29 is 0 Å². The number of benzene rings is 1. The van der Waals surface area contributed by atoms with Crippen molar-refractivity contribution in [1.82, 2.24) is 9.88 Å². The first-order chi connectivity index (χ1) is 10.8. The van der Waals surface area contributed by atoms with Gasteiger partial charge in [0.05, 0.1) is 12.3 Å². The molecule has 0 spiro atoms. The fourth-order valence-electron chi connectivity index (χ4n) is 3.33. The monoisotopic (exact) mass is 309 g/mol. The SMILES string of the molecule is [C-]#[N+]c1cccc(-c2nc3c(s2)CCN(C2CCC2)CC3)c1. The molecule has 2 aliphatic rings. The summed E-state index contributed by atoms with van der Waals surface area (Å²) >= 11 is 1.82. The molecule has 0 unspecified atom stereocenters. The zero-order valence-corrected chi connectivity index (χ0v) is 13.4. The summed E-state index contributed by atoms with van der Waals surface area (Å²) in [5.41, 5.74) is 3.07. The molecule has 3 nitrogen and oxygen atoms in total. The van der Waals surface area contributed by atoms with E-state index >= 15 is 0 Å². The summed E-state index contributed by atoms with van der Waals surface area (Å²) in [6.45, 7) is 9.49. The Morgan fingerprint density at radius 1 is 1.23 bits per heavy atom. The third-order valence-electron chi connectivity index (χ3n) is 4.85. The quantitative estimate of drug-likeness (QED) is 0.770. The number of thiazole rings is 1. The molecule has 0 amide bonds. The van der Waals surface area contributed by atoms with Crippen molar-refractivity contribution in [1.29, 1.82) is 0 Å². The van der Waals surface area contributed by atoms with E-state index in [0.717, 1.165) is 36.0 Å². The molecule has 0 radical (unpaired) electrons. The zero-order chi connectivity index (χ0) is 14.9. The minimum Gasteiger partial charge on any atom is -0.300 e. The number of rotatable bonds is 2. The van der Waals surface area contributed by atoms with Crippen LogP contribution < -0.4 is 0 Å². The number of hydrogen-bond acceptors (Lipinski definition) is 3. The normalized spacial score (nSPS) is 19.0. The van der Waals surface area contributed by atoms with Crippen LogP contribution in [-0.2, 0) is 12.8 Å². The molecule has 4 rings (SSSR count). The smallest absolute Gasteiger partial charge is 0.187 e. The highest BCUT2D eigenvalue weighted by atomic mass is 32.1. The van der Waals surface area contributed by atoms with Gasteiger partial charge in [-0.05, 0) is 30.9 Å². The van der Waals surface area contributed by atoms with Gasteiger partial charge in [0, 0.05) is 30.4 Å². The molecule has 1 fully saturated rings. The Morgan fingerprint density at radius 2 is 2.09 bits per heavy atom. The van der Waals surface area contributed by atoms with E-state index in [1.807, 2.05) is 29.5 Å². The first-order valence-electron chi connectivity index (χ1n) is 8.04. The van der Waals surface area contributed by atoms with E-state index in [1.54, 1.807) is 0 Å². The fraction of sp³-hybridized carbons (Fsp3) is 0.444. The first-order valence-corrected chi connectivity index (χ1v) is 8.85. The lowest BCUT2D eigenvalue weighted by Crippen LogP contribution is -2.41. The molecule has 112 valence electrons. The minimum absolute atomic E-state index is 0.694. The second kappa shape index (κ2) is 5.83. The van der Waals surface area contributed by atoms with E-state index in [4.69, 9.17) is 11.6 Å². The summed E-state index contributed by atoms with van der Waals surface area (Å²) in [7, 11) is 0. The van der Waals surface area contributed by atoms with Crippen LogP contribution in [0.5, 0.6) is 0 Å². The molecule has 1 aromatic heterocycles. The van der Waals surface area contributed by atoms with Crippen LogP contribution in [0.15, 0.2) is 24.3 Å². The number of hydrogen-bond donors (Lipinski definition) is 0. The molecule has 0 saturated heterocycles. The molecule has 1 aromatic carbocycles. The largest absolute Gasteiger partial charge is 0.300 e. The van der Waals surface area contributed by atoms with Gasteiger partial charge in [0.1, 0.15) is 5.01 Å². The van der Waals surface area contributed by atoms with Crippen LogP contribution in [0.4, 0.5) is 5.69 Å². The number of nitrogens with zero attached hydrogens (tertiary/aromatic N) is 3. The molecule has 1 aliphatic heterocycles. The van der Waals surface area contributed by atoms with Crippen molar-refractivity contribution >= 4 is 17.0 Å². The Hall–Kier alpha value is -1.70. The standard InChI is InChI=1S/C18H19N3S/c1-19-14-5-2-4-13(12-14)18-20-16-8-10-21(15-6-3-7-15)11-9-17(16)22-18/h2,4-5,12,15H,3,6-11H2. The van der Waals surface area contributed by atoms with Crippen molar-refractivity contribution in [2.45, 2.75) is 38.1 Å². The van der Waals surface area contributed by atoms with Gasteiger partial charge in [0.15, 0.2) is 5.69 Å². The van der Waals surface area contributed by atoms with Gasteiger partial charge in [0.2, 0.25) is 0 Å². The predicted octanol–water partition coefficient (Wildman–Crippen LogP) is 4.31. The second-order valence-corrected chi connectivity index (χ2v) is 7.26. The predicted molar refractivity (Wildman–Crippen MR) is 90.4 cm³/mol. The first kappa shape index (κ1) is 13.9. The molecular weight excluding hydrogens is 290 g/mol. The maximum absolute atomic E-state index is 7.15. The summed E-state index contributed by atoms with van der Waals surface area (Å²) in [5.74, 6) is 0. The van der Waals surface area contributed by atoms with E-state index in [9.17, 15) is 0 Å². The van der Waals surface area contributed by atoms with Gasteiger partial charge in [0.25, 0.3) is 0 Å². The van der Waals surface area contributed by atoms with Crippen LogP contribution in [0.2, 0.25) is 0 Å². The van der Waals surface area contributed by atoms with Crippen molar-refractivity contribution in [2.24, 2.45) is 0 Å². The topological polar surface area (TPSA) is 20.5 Å². The van der Waals surface area contributed by atoms with Gasteiger partial charge >= 0.3 is 0 Å². The maximum Gasteiger partial charge on any atom is 0.187 e. The van der Waals surface area contributed by atoms with Crippen LogP contribution in [0, 0.1) is 6.57 Å². The third kappa shape index (κ3) is 2.55. The van der Waals surface area contributed by atoms with Gasteiger partial charge in [-0.1, -0.05) is 24.6 Å². The Bertz CT molecular complexity index is 699. The Kier molecular flexibility index (Phi) is 3.69.